The molecule has 0 saturated carbocycles. The van der Waals surface area contributed by atoms with Gasteiger partial charge in [0.2, 0.25) is 5.28 Å². The Balaban J connectivity index is 1.56. The number of nitriles is 1. The fraction of sp³-hybridized carbons (Fsp3) is 0.333. The average molecular weight is 521 g/mol. The molecule has 4 atom stereocenters. The van der Waals surface area contributed by atoms with E-state index in [9.17, 15) is 24.9 Å². The van der Waals surface area contributed by atoms with Crippen LogP contribution in [0, 0.1) is 11.3 Å². The van der Waals surface area contributed by atoms with Gasteiger partial charge in [-0.2, -0.15) is 15.2 Å². The summed E-state index contributed by atoms with van der Waals surface area (Å²) >= 11 is 5.82. The van der Waals surface area contributed by atoms with Crippen LogP contribution in [0.5, 0.6) is 0 Å². The van der Waals surface area contributed by atoms with E-state index in [1.807, 2.05) is 6.07 Å². The summed E-state index contributed by atoms with van der Waals surface area (Å²) in [6.07, 6.45) is -6.24. The highest BCUT2D eigenvalue weighted by Crippen LogP contribution is 2.35. The number of fused-ring (bicyclic) bond motifs is 1. The first-order chi connectivity index (χ1) is 17.1. The van der Waals surface area contributed by atoms with Crippen LogP contribution >= 0.6 is 11.6 Å². The fourth-order valence-corrected chi connectivity index (χ4v) is 3.96. The predicted molar refractivity (Wildman–Crippen MR) is 118 cm³/mol. The molecule has 4 rings (SSSR count). The number of alkyl halides is 1. The number of carbonyl (C=O) groups is 2. The number of benzene rings is 1. The van der Waals surface area contributed by atoms with Crippen molar-refractivity contribution in [1.82, 2.24) is 19.5 Å². The zero-order chi connectivity index (χ0) is 26.2. The lowest BCUT2D eigenvalue weighted by Crippen LogP contribution is -2.52. The number of hydrogen-bond donors (Lipinski definition) is 4. The van der Waals surface area contributed by atoms with Gasteiger partial charge in [0, 0.05) is 6.42 Å². The Morgan fingerprint density at radius 1 is 1.28 bits per heavy atom. The Labute approximate surface area is 206 Å². The standard InChI is InChI=1S/C21H18ClFN6O7/c22-20-27-15(25)13-16(28-20)29(8-26-13)17-12(23)14(30)11(36-17)7-35-21(18(31)32,19(33)34)5-9-1-3-10(6-24)4-2-9/h1-4,8,11-12,14,17,30H,5,7H2,(H,31,32)(H,33,34)(H2,25,27,28)/t11-,12+,14-,17-/m1/s1. The lowest BCUT2D eigenvalue weighted by molar-refractivity contribution is -0.190. The molecule has 1 aliphatic heterocycles. The monoisotopic (exact) mass is 520 g/mol. The Bertz CT molecular complexity index is 1350. The second kappa shape index (κ2) is 9.63. The van der Waals surface area contributed by atoms with E-state index >= 15 is 4.39 Å². The first-order valence-corrected chi connectivity index (χ1v) is 10.7. The second-order valence-electron chi connectivity index (χ2n) is 7.94. The lowest BCUT2D eigenvalue weighted by atomic mass is 9.93. The zero-order valence-corrected chi connectivity index (χ0v) is 18.9. The molecule has 13 nitrogen and oxygen atoms in total. The first-order valence-electron chi connectivity index (χ1n) is 10.3. The van der Waals surface area contributed by atoms with Gasteiger partial charge in [0.25, 0.3) is 5.60 Å². The SMILES string of the molecule is N#Cc1ccc(CC(OC[C@H]2O[C@@H](n3cnc4c(N)nc(Cl)nc43)[C@@H](F)[C@@H]2O)(C(=O)O)C(=O)O)cc1. The molecule has 0 unspecified atom stereocenters. The molecule has 0 radical (unpaired) electrons. The van der Waals surface area contributed by atoms with Crippen molar-refractivity contribution < 1.29 is 38.8 Å². The summed E-state index contributed by atoms with van der Waals surface area (Å²) in [5, 5.41) is 38.6. The third-order valence-electron chi connectivity index (χ3n) is 5.71. The molecule has 0 spiro atoms. The third kappa shape index (κ3) is 4.40. The summed E-state index contributed by atoms with van der Waals surface area (Å²) in [4.78, 5) is 35.7. The van der Waals surface area contributed by atoms with Gasteiger partial charge in [-0.15, -0.1) is 0 Å². The van der Waals surface area contributed by atoms with Gasteiger partial charge in [-0.3, -0.25) is 4.57 Å². The average Bonchev–Trinajstić information content (AvgIpc) is 3.37. The number of aliphatic carboxylic acids is 2. The highest BCUT2D eigenvalue weighted by atomic mass is 35.5. The maximum atomic E-state index is 15.0. The normalized spacial score (nSPS) is 21.9. The molecule has 1 fully saturated rings. The Morgan fingerprint density at radius 2 is 1.94 bits per heavy atom. The van der Waals surface area contributed by atoms with Gasteiger partial charge in [0.1, 0.15) is 17.7 Å². The summed E-state index contributed by atoms with van der Waals surface area (Å²) in [6.45, 7) is -0.780. The van der Waals surface area contributed by atoms with Crippen molar-refractivity contribution in [2.24, 2.45) is 0 Å². The molecule has 2 aromatic heterocycles. The summed E-state index contributed by atoms with van der Waals surface area (Å²) in [5.41, 5.74) is 3.66. The van der Waals surface area contributed by atoms with Gasteiger partial charge in [0.15, 0.2) is 23.9 Å². The number of nitrogens with zero attached hydrogens (tertiary/aromatic N) is 5. The van der Waals surface area contributed by atoms with Crippen molar-refractivity contribution in [2.75, 3.05) is 12.3 Å². The highest BCUT2D eigenvalue weighted by Gasteiger charge is 2.52. The van der Waals surface area contributed by atoms with Crippen LogP contribution in [0.2, 0.25) is 5.28 Å². The molecule has 1 saturated heterocycles. The summed E-state index contributed by atoms with van der Waals surface area (Å²) < 4.78 is 27.0. The molecule has 1 aromatic carbocycles. The number of rotatable bonds is 8. The molecular formula is C21H18ClFN6O7. The van der Waals surface area contributed by atoms with Gasteiger partial charge in [0.05, 0.1) is 24.6 Å². The molecule has 5 N–H and O–H groups in total. The van der Waals surface area contributed by atoms with Crippen LogP contribution in [0.25, 0.3) is 11.2 Å². The number of carboxylic acid groups (broad SMARTS) is 2. The molecule has 15 heteroatoms. The number of halogens is 2. The maximum Gasteiger partial charge on any atom is 0.348 e. The summed E-state index contributed by atoms with van der Waals surface area (Å²) in [6, 6.07) is 7.46. The number of imidazole rings is 1. The number of hydrogen-bond acceptors (Lipinski definition) is 10. The van der Waals surface area contributed by atoms with E-state index in [-0.39, 0.29) is 27.8 Å². The molecule has 36 heavy (non-hydrogen) atoms. The predicted octanol–water partition coefficient (Wildman–Crippen LogP) is 0.697. The van der Waals surface area contributed by atoms with Crippen molar-refractivity contribution in [3.63, 3.8) is 0 Å². The van der Waals surface area contributed by atoms with Gasteiger partial charge < -0.3 is 30.5 Å². The van der Waals surface area contributed by atoms with E-state index in [4.69, 9.17) is 32.1 Å². The van der Waals surface area contributed by atoms with Crippen LogP contribution in [0.4, 0.5) is 10.2 Å². The molecule has 3 aromatic rings. The summed E-state index contributed by atoms with van der Waals surface area (Å²) in [7, 11) is 0. The van der Waals surface area contributed by atoms with Crippen molar-refractivity contribution in [2.45, 2.75) is 36.6 Å². The highest BCUT2D eigenvalue weighted by molar-refractivity contribution is 6.28. The molecule has 0 amide bonds. The van der Waals surface area contributed by atoms with E-state index in [0.717, 1.165) is 10.9 Å². The smallest absolute Gasteiger partial charge is 0.348 e. The van der Waals surface area contributed by atoms with Gasteiger partial charge >= 0.3 is 11.9 Å². The number of aromatic nitrogens is 4. The Morgan fingerprint density at radius 3 is 2.56 bits per heavy atom. The van der Waals surface area contributed by atoms with E-state index < -0.39 is 55.2 Å². The van der Waals surface area contributed by atoms with E-state index in [1.165, 1.54) is 24.3 Å². The molecule has 3 heterocycles. The number of carboxylic acids is 2. The van der Waals surface area contributed by atoms with Crippen molar-refractivity contribution in [3.8, 4) is 6.07 Å². The van der Waals surface area contributed by atoms with Crippen LogP contribution in [-0.4, -0.2) is 77.4 Å². The second-order valence-corrected chi connectivity index (χ2v) is 8.27. The molecule has 188 valence electrons. The van der Waals surface area contributed by atoms with Crippen LogP contribution in [0.15, 0.2) is 30.6 Å². The molecule has 0 bridgehead atoms. The van der Waals surface area contributed by atoms with Crippen molar-refractivity contribution in [3.05, 3.63) is 47.0 Å². The summed E-state index contributed by atoms with van der Waals surface area (Å²) in [5.74, 6) is -3.70. The van der Waals surface area contributed by atoms with Gasteiger partial charge in [-0.05, 0) is 29.3 Å². The quantitative estimate of drug-likeness (QED) is 0.239. The number of ether oxygens (including phenoxy) is 2. The molecule has 0 aliphatic carbocycles. The number of aliphatic hydroxyl groups excluding tert-OH is 1. The van der Waals surface area contributed by atoms with Crippen LogP contribution < -0.4 is 5.73 Å². The van der Waals surface area contributed by atoms with Crippen LogP contribution in [0.3, 0.4) is 0 Å². The van der Waals surface area contributed by atoms with Gasteiger partial charge in [-0.1, -0.05) is 12.1 Å². The Hall–Kier alpha value is -3.90. The number of aliphatic hydroxyl groups is 1. The van der Waals surface area contributed by atoms with Crippen molar-refractivity contribution >= 4 is 40.5 Å². The van der Waals surface area contributed by atoms with Crippen molar-refractivity contribution in [1.29, 1.82) is 5.26 Å². The van der Waals surface area contributed by atoms with Crippen LogP contribution in [-0.2, 0) is 25.5 Å². The zero-order valence-electron chi connectivity index (χ0n) is 18.2. The topological polar surface area (TPSA) is 207 Å². The van der Waals surface area contributed by atoms with E-state index in [1.54, 1.807) is 0 Å². The molecule has 1 aliphatic rings. The molecular weight excluding hydrogens is 503 g/mol. The minimum absolute atomic E-state index is 0.0279. The fourth-order valence-electron chi connectivity index (χ4n) is 3.79. The minimum Gasteiger partial charge on any atom is -0.479 e. The van der Waals surface area contributed by atoms with E-state index in [2.05, 4.69) is 15.0 Å². The number of anilines is 1. The third-order valence-corrected chi connectivity index (χ3v) is 5.88. The largest absolute Gasteiger partial charge is 0.479 e. The van der Waals surface area contributed by atoms with E-state index in [0.29, 0.717) is 5.56 Å². The lowest BCUT2D eigenvalue weighted by Gasteiger charge is -2.27. The number of nitrogens with two attached hydrogens (primary N) is 1. The first kappa shape index (κ1) is 25.2. The number of nitrogen functional groups attached to an aromatic ring is 1. The van der Waals surface area contributed by atoms with Crippen LogP contribution in [0.1, 0.15) is 17.4 Å². The Kier molecular flexibility index (Phi) is 6.74. The minimum atomic E-state index is -2.78. The maximum absolute atomic E-state index is 15.0. The van der Waals surface area contributed by atoms with Gasteiger partial charge in [-0.25, -0.2) is 19.0 Å².